The summed E-state index contributed by atoms with van der Waals surface area (Å²) < 4.78 is 16.0. The highest BCUT2D eigenvalue weighted by Gasteiger charge is 2.43. The number of pyridine rings is 1. The zero-order valence-electron chi connectivity index (χ0n) is 14.2. The standard InChI is InChI=1S/C20H18FN3O2/c1-13-16(3-2-4-17(13)21)20(19(25)23-26)7-5-15(12-20)14-6-9-24-10-8-22-18(24)11-14/h2-4,6,8-12,26H,5,7H2,1H3,(H,23,25). The Morgan fingerprint density at radius 1 is 1.35 bits per heavy atom. The van der Waals surface area contributed by atoms with Crippen molar-refractivity contribution in [1.29, 1.82) is 0 Å². The van der Waals surface area contributed by atoms with Gasteiger partial charge in [-0.05, 0) is 60.2 Å². The molecule has 2 heterocycles. The van der Waals surface area contributed by atoms with E-state index in [1.54, 1.807) is 30.7 Å². The lowest BCUT2D eigenvalue weighted by Crippen LogP contribution is -2.41. The van der Waals surface area contributed by atoms with Crippen molar-refractivity contribution in [2.24, 2.45) is 0 Å². The molecule has 3 aromatic rings. The van der Waals surface area contributed by atoms with E-state index in [4.69, 9.17) is 0 Å². The number of nitrogens with zero attached hydrogens (tertiary/aromatic N) is 2. The molecule has 1 unspecified atom stereocenters. The van der Waals surface area contributed by atoms with Crippen LogP contribution in [0.1, 0.15) is 29.5 Å². The number of hydrogen-bond acceptors (Lipinski definition) is 3. The molecule has 0 aliphatic heterocycles. The monoisotopic (exact) mass is 351 g/mol. The molecule has 2 aromatic heterocycles. The minimum atomic E-state index is -1.10. The van der Waals surface area contributed by atoms with Gasteiger partial charge in [0, 0.05) is 18.6 Å². The van der Waals surface area contributed by atoms with E-state index in [0.29, 0.717) is 24.0 Å². The van der Waals surface area contributed by atoms with Crippen LogP contribution in [-0.4, -0.2) is 20.5 Å². The number of hydroxylamine groups is 1. The van der Waals surface area contributed by atoms with Crippen LogP contribution in [0.2, 0.25) is 0 Å². The first-order valence-corrected chi connectivity index (χ1v) is 8.40. The van der Waals surface area contributed by atoms with Crippen molar-refractivity contribution in [3.8, 4) is 0 Å². The Morgan fingerprint density at radius 2 is 2.19 bits per heavy atom. The number of fused-ring (bicyclic) bond motifs is 1. The second kappa shape index (κ2) is 6.07. The van der Waals surface area contributed by atoms with Gasteiger partial charge in [-0.3, -0.25) is 10.0 Å². The Kier molecular flexibility index (Phi) is 3.85. The maximum atomic E-state index is 14.1. The fraction of sp³-hybridized carbons (Fsp3) is 0.200. The Hall–Kier alpha value is -2.99. The number of halogens is 1. The van der Waals surface area contributed by atoms with Gasteiger partial charge in [-0.25, -0.2) is 14.9 Å². The van der Waals surface area contributed by atoms with E-state index in [-0.39, 0.29) is 5.82 Å². The summed E-state index contributed by atoms with van der Waals surface area (Å²) in [4.78, 5) is 16.9. The normalized spacial score (nSPS) is 19.6. The summed E-state index contributed by atoms with van der Waals surface area (Å²) in [6, 6.07) is 8.62. The van der Waals surface area contributed by atoms with Crippen molar-refractivity contribution in [2.75, 3.05) is 0 Å². The van der Waals surface area contributed by atoms with Gasteiger partial charge in [-0.15, -0.1) is 0 Å². The fourth-order valence-electron chi connectivity index (χ4n) is 3.82. The molecule has 0 saturated heterocycles. The van der Waals surface area contributed by atoms with Gasteiger partial charge in [0.05, 0.1) is 5.41 Å². The summed E-state index contributed by atoms with van der Waals surface area (Å²) in [7, 11) is 0. The van der Waals surface area contributed by atoms with Crippen molar-refractivity contribution >= 4 is 17.1 Å². The summed E-state index contributed by atoms with van der Waals surface area (Å²) in [6.07, 6.45) is 8.44. The number of aromatic nitrogens is 2. The van der Waals surface area contributed by atoms with Gasteiger partial charge in [0.15, 0.2) is 0 Å². The molecule has 0 spiro atoms. The number of carbonyl (C=O) groups excluding carboxylic acids is 1. The van der Waals surface area contributed by atoms with Crippen LogP contribution >= 0.6 is 0 Å². The van der Waals surface area contributed by atoms with Crippen LogP contribution in [0.3, 0.4) is 0 Å². The van der Waals surface area contributed by atoms with Crippen LogP contribution in [0, 0.1) is 12.7 Å². The average Bonchev–Trinajstić information content (AvgIpc) is 3.30. The number of hydrogen-bond donors (Lipinski definition) is 2. The zero-order chi connectivity index (χ0) is 18.3. The number of rotatable bonds is 3. The van der Waals surface area contributed by atoms with Gasteiger partial charge < -0.3 is 4.40 Å². The summed E-state index contributed by atoms with van der Waals surface area (Å²) >= 11 is 0. The molecule has 6 heteroatoms. The van der Waals surface area contributed by atoms with Crippen LogP contribution in [0.5, 0.6) is 0 Å². The van der Waals surface area contributed by atoms with Crippen LogP contribution in [0.15, 0.2) is 55.0 Å². The zero-order valence-corrected chi connectivity index (χ0v) is 14.2. The Bertz CT molecular complexity index is 1040. The van der Waals surface area contributed by atoms with Crippen molar-refractivity contribution in [2.45, 2.75) is 25.2 Å². The molecule has 0 saturated carbocycles. The van der Waals surface area contributed by atoms with E-state index < -0.39 is 11.3 Å². The maximum absolute atomic E-state index is 14.1. The van der Waals surface area contributed by atoms with Gasteiger partial charge in [-0.2, -0.15) is 0 Å². The predicted octanol–water partition coefficient (Wildman–Crippen LogP) is 3.40. The van der Waals surface area contributed by atoms with Gasteiger partial charge in [-0.1, -0.05) is 18.2 Å². The van der Waals surface area contributed by atoms with E-state index in [1.807, 2.05) is 35.0 Å². The second-order valence-electron chi connectivity index (χ2n) is 6.60. The molecule has 1 aliphatic rings. The number of amides is 1. The third kappa shape index (κ3) is 2.42. The predicted molar refractivity (Wildman–Crippen MR) is 95.1 cm³/mol. The Labute approximate surface area is 149 Å². The Balaban J connectivity index is 1.86. The van der Waals surface area contributed by atoms with Crippen LogP contribution in [0.4, 0.5) is 4.39 Å². The fourth-order valence-corrected chi connectivity index (χ4v) is 3.82. The highest BCUT2D eigenvalue weighted by molar-refractivity contribution is 5.94. The quantitative estimate of drug-likeness (QED) is 0.561. The lowest BCUT2D eigenvalue weighted by atomic mass is 9.77. The first kappa shape index (κ1) is 16.5. The first-order valence-electron chi connectivity index (χ1n) is 8.40. The maximum Gasteiger partial charge on any atom is 0.257 e. The first-order chi connectivity index (χ1) is 12.5. The molecular formula is C20H18FN3O2. The van der Waals surface area contributed by atoms with E-state index >= 15 is 0 Å². The molecule has 26 heavy (non-hydrogen) atoms. The summed E-state index contributed by atoms with van der Waals surface area (Å²) in [5.41, 5.74) is 4.41. The number of nitrogens with one attached hydrogen (secondary N) is 1. The van der Waals surface area contributed by atoms with Gasteiger partial charge >= 0.3 is 0 Å². The molecule has 1 amide bonds. The van der Waals surface area contributed by atoms with Crippen molar-refractivity contribution in [1.82, 2.24) is 14.9 Å². The molecule has 0 radical (unpaired) electrons. The molecule has 4 rings (SSSR count). The van der Waals surface area contributed by atoms with E-state index in [2.05, 4.69) is 4.98 Å². The molecule has 5 nitrogen and oxygen atoms in total. The molecule has 0 fully saturated rings. The summed E-state index contributed by atoms with van der Waals surface area (Å²) in [5.74, 6) is -0.920. The number of imidazole rings is 1. The average molecular weight is 351 g/mol. The number of benzene rings is 1. The Morgan fingerprint density at radius 3 is 3.00 bits per heavy atom. The summed E-state index contributed by atoms with van der Waals surface area (Å²) in [5, 5.41) is 9.32. The minimum absolute atomic E-state index is 0.367. The topological polar surface area (TPSA) is 66.6 Å². The molecular weight excluding hydrogens is 333 g/mol. The molecule has 2 N–H and O–H groups in total. The number of allylic oxidation sites excluding steroid dienone is 1. The molecule has 1 atom stereocenters. The van der Waals surface area contributed by atoms with Crippen molar-refractivity contribution < 1.29 is 14.4 Å². The highest BCUT2D eigenvalue weighted by Crippen LogP contribution is 2.44. The van der Waals surface area contributed by atoms with Crippen LogP contribution in [-0.2, 0) is 10.2 Å². The lowest BCUT2D eigenvalue weighted by Gasteiger charge is -2.27. The largest absolute Gasteiger partial charge is 0.307 e. The van der Waals surface area contributed by atoms with E-state index in [0.717, 1.165) is 16.8 Å². The van der Waals surface area contributed by atoms with Gasteiger partial charge in [0.1, 0.15) is 11.5 Å². The SMILES string of the molecule is Cc1c(F)cccc1C1(C(=O)NO)C=C(c2ccn3ccnc3c2)CC1. The van der Waals surface area contributed by atoms with Crippen molar-refractivity contribution in [3.63, 3.8) is 0 Å². The molecule has 132 valence electrons. The smallest absolute Gasteiger partial charge is 0.257 e. The van der Waals surface area contributed by atoms with Crippen LogP contribution < -0.4 is 5.48 Å². The van der Waals surface area contributed by atoms with Crippen LogP contribution in [0.25, 0.3) is 11.2 Å². The van der Waals surface area contributed by atoms with E-state index in [1.165, 1.54) is 6.07 Å². The summed E-state index contributed by atoms with van der Waals surface area (Å²) in [6.45, 7) is 1.65. The lowest BCUT2D eigenvalue weighted by molar-refractivity contribution is -0.133. The second-order valence-corrected chi connectivity index (χ2v) is 6.60. The molecule has 1 aliphatic carbocycles. The van der Waals surface area contributed by atoms with E-state index in [9.17, 15) is 14.4 Å². The van der Waals surface area contributed by atoms with Crippen molar-refractivity contribution in [3.05, 3.63) is 77.5 Å². The van der Waals surface area contributed by atoms with Gasteiger partial charge in [0.2, 0.25) is 0 Å². The molecule has 1 aromatic carbocycles. The third-order valence-corrected chi connectivity index (χ3v) is 5.23. The highest BCUT2D eigenvalue weighted by atomic mass is 19.1. The minimum Gasteiger partial charge on any atom is -0.307 e. The third-order valence-electron chi connectivity index (χ3n) is 5.23. The van der Waals surface area contributed by atoms with Gasteiger partial charge in [0.25, 0.3) is 5.91 Å². The number of carbonyl (C=O) groups is 1. The molecule has 0 bridgehead atoms.